The van der Waals surface area contributed by atoms with Gasteiger partial charge in [-0.05, 0) is 20.3 Å². The molecule has 1 aromatic rings. The summed E-state index contributed by atoms with van der Waals surface area (Å²) in [6.07, 6.45) is 1.30. The van der Waals surface area contributed by atoms with Gasteiger partial charge >= 0.3 is 13.7 Å². The highest BCUT2D eigenvalue weighted by molar-refractivity contribution is 7.51. The Hall–Kier alpha value is -2.54. The van der Waals surface area contributed by atoms with Gasteiger partial charge in [0.05, 0.1) is 13.2 Å². The summed E-state index contributed by atoms with van der Waals surface area (Å²) in [7, 11) is -4.30. The number of oxime groups is 1. The van der Waals surface area contributed by atoms with Gasteiger partial charge in [0.15, 0.2) is 10.8 Å². The van der Waals surface area contributed by atoms with Crippen LogP contribution in [0, 0.1) is 0 Å². The van der Waals surface area contributed by atoms with Crippen molar-refractivity contribution in [2.24, 2.45) is 5.16 Å². The predicted molar refractivity (Wildman–Crippen MR) is 110 cm³/mol. The molecule has 172 valence electrons. The van der Waals surface area contributed by atoms with Crippen molar-refractivity contribution in [1.29, 1.82) is 0 Å². The smallest absolute Gasteiger partial charge is 0.435 e. The highest BCUT2D eigenvalue weighted by Crippen LogP contribution is 2.49. The van der Waals surface area contributed by atoms with Crippen LogP contribution in [0.5, 0.6) is 0 Å². The molecule has 0 bridgehead atoms. The number of nitrogens with two attached hydrogens (primary N) is 1. The lowest BCUT2D eigenvalue weighted by atomic mass is 10.1. The first-order valence-corrected chi connectivity index (χ1v) is 11.6. The number of aromatic nitrogens is 1. The Labute approximate surface area is 181 Å². The number of nitrogens with zero attached hydrogens (tertiary/aromatic N) is 3. The average Bonchev–Trinajstić information content (AvgIpc) is 3.10. The SMILES string of the molecule is CCCCOP(=O)(O)N1CC(NC(=O)/C(=N\OC(C)(C)C(=O)O)c2csc(N)n2)C1=O. The van der Waals surface area contributed by atoms with Crippen molar-refractivity contribution < 1.29 is 38.3 Å². The third kappa shape index (κ3) is 6.00. The molecule has 31 heavy (non-hydrogen) atoms. The summed E-state index contributed by atoms with van der Waals surface area (Å²) >= 11 is 1.01. The van der Waals surface area contributed by atoms with Crippen LogP contribution in [0.1, 0.15) is 39.3 Å². The first-order valence-electron chi connectivity index (χ1n) is 9.20. The van der Waals surface area contributed by atoms with Crippen LogP contribution in [0.4, 0.5) is 5.13 Å². The van der Waals surface area contributed by atoms with E-state index in [1.165, 1.54) is 19.2 Å². The van der Waals surface area contributed by atoms with E-state index in [2.05, 4.69) is 15.5 Å². The number of carboxylic acid groups (broad SMARTS) is 1. The van der Waals surface area contributed by atoms with E-state index in [9.17, 15) is 23.8 Å². The second kappa shape index (κ2) is 9.73. The van der Waals surface area contributed by atoms with Gasteiger partial charge in [-0.1, -0.05) is 18.5 Å². The molecule has 2 atom stereocenters. The number of carbonyl (C=O) groups is 3. The van der Waals surface area contributed by atoms with Crippen molar-refractivity contribution in [3.63, 3.8) is 0 Å². The van der Waals surface area contributed by atoms with Gasteiger partial charge in [0.1, 0.15) is 11.7 Å². The number of anilines is 1. The fourth-order valence-corrected chi connectivity index (χ4v) is 3.98. The molecule has 1 aliphatic rings. The quantitative estimate of drug-likeness (QED) is 0.115. The van der Waals surface area contributed by atoms with Crippen molar-refractivity contribution in [1.82, 2.24) is 15.0 Å². The summed E-state index contributed by atoms with van der Waals surface area (Å²) in [5, 5.41) is 16.6. The van der Waals surface area contributed by atoms with E-state index in [0.717, 1.165) is 17.8 Å². The van der Waals surface area contributed by atoms with Gasteiger partial charge in [-0.25, -0.2) is 19.0 Å². The number of unbranched alkanes of at least 4 members (excludes halogenated alkanes) is 1. The molecule has 2 heterocycles. The summed E-state index contributed by atoms with van der Waals surface area (Å²) < 4.78 is 17.7. The van der Waals surface area contributed by atoms with Crippen LogP contribution in [-0.4, -0.2) is 67.9 Å². The molecule has 15 heteroatoms. The fraction of sp³-hybridized carbons (Fsp3) is 0.562. The maximum absolute atomic E-state index is 12.7. The number of nitrogen functional groups attached to an aromatic ring is 1. The van der Waals surface area contributed by atoms with E-state index in [4.69, 9.17) is 20.2 Å². The van der Waals surface area contributed by atoms with Gasteiger partial charge in [0, 0.05) is 5.38 Å². The van der Waals surface area contributed by atoms with Gasteiger partial charge in [-0.15, -0.1) is 11.3 Å². The molecule has 0 radical (unpaired) electrons. The Morgan fingerprint density at radius 2 is 2.19 bits per heavy atom. The zero-order chi connectivity index (χ0) is 23.4. The van der Waals surface area contributed by atoms with Gasteiger partial charge in [0.2, 0.25) is 5.60 Å². The predicted octanol–water partition coefficient (Wildman–Crippen LogP) is 0.553. The van der Waals surface area contributed by atoms with Crippen LogP contribution in [0.2, 0.25) is 0 Å². The molecule has 1 saturated heterocycles. The Balaban J connectivity index is 2.10. The van der Waals surface area contributed by atoms with Gasteiger partial charge < -0.3 is 25.9 Å². The molecule has 1 aliphatic heterocycles. The molecule has 0 aromatic carbocycles. The molecule has 5 N–H and O–H groups in total. The van der Waals surface area contributed by atoms with E-state index in [0.29, 0.717) is 11.1 Å². The normalized spacial score (nSPS) is 18.8. The number of hydrogen-bond donors (Lipinski definition) is 4. The van der Waals surface area contributed by atoms with Crippen LogP contribution in [0.3, 0.4) is 0 Å². The van der Waals surface area contributed by atoms with E-state index in [1.54, 1.807) is 0 Å². The van der Waals surface area contributed by atoms with E-state index >= 15 is 0 Å². The van der Waals surface area contributed by atoms with Gasteiger partial charge in [0.25, 0.3) is 11.8 Å². The summed E-state index contributed by atoms with van der Waals surface area (Å²) in [6, 6.07) is -1.10. The molecular formula is C16H24N5O8PS. The van der Waals surface area contributed by atoms with E-state index < -0.39 is 42.9 Å². The van der Waals surface area contributed by atoms with Crippen LogP contribution in [-0.2, 0) is 28.3 Å². The fourth-order valence-electron chi connectivity index (χ4n) is 2.17. The molecule has 0 saturated carbocycles. The average molecular weight is 477 g/mol. The van der Waals surface area contributed by atoms with Crippen molar-refractivity contribution in [3.8, 4) is 0 Å². The van der Waals surface area contributed by atoms with Crippen LogP contribution in [0.25, 0.3) is 0 Å². The molecule has 2 unspecified atom stereocenters. The lowest BCUT2D eigenvalue weighted by Gasteiger charge is -2.39. The van der Waals surface area contributed by atoms with Crippen LogP contribution >= 0.6 is 19.1 Å². The number of β-lactam (4-membered cyclic amide) rings is 1. The minimum absolute atomic E-state index is 0.0144. The third-order valence-electron chi connectivity index (χ3n) is 4.14. The number of aliphatic carboxylic acids is 1. The van der Waals surface area contributed by atoms with E-state index in [1.807, 2.05) is 6.92 Å². The highest BCUT2D eigenvalue weighted by atomic mass is 32.1. The molecular weight excluding hydrogens is 453 g/mol. The molecule has 1 aromatic heterocycles. The standard InChI is InChI=1S/C16H24N5O8PS/c1-4-5-6-28-30(26,27)21-7-9(13(21)23)18-12(22)11(10-8-31-15(17)19-10)20-29-16(2,3)14(24)25/h8-9H,4-7H2,1-3H3,(H2,17,19)(H,18,22)(H,24,25)(H,26,27)/b20-11-. The minimum atomic E-state index is -4.30. The zero-order valence-corrected chi connectivity index (χ0v) is 18.8. The zero-order valence-electron chi connectivity index (χ0n) is 17.1. The summed E-state index contributed by atoms with van der Waals surface area (Å²) in [4.78, 5) is 54.9. The Morgan fingerprint density at radius 1 is 1.52 bits per heavy atom. The van der Waals surface area contributed by atoms with Gasteiger partial charge in [-0.2, -0.15) is 0 Å². The van der Waals surface area contributed by atoms with E-state index in [-0.39, 0.29) is 24.0 Å². The Bertz CT molecular complexity index is 933. The third-order valence-corrected chi connectivity index (χ3v) is 6.30. The monoisotopic (exact) mass is 477 g/mol. The number of hydrogen-bond acceptors (Lipinski definition) is 10. The maximum Gasteiger partial charge on any atom is 0.435 e. The molecule has 0 spiro atoms. The van der Waals surface area contributed by atoms with Crippen molar-refractivity contribution >= 4 is 47.7 Å². The summed E-state index contributed by atoms with van der Waals surface area (Å²) in [5.74, 6) is -3.02. The van der Waals surface area contributed by atoms with Crippen molar-refractivity contribution in [2.75, 3.05) is 18.9 Å². The highest BCUT2D eigenvalue weighted by Gasteiger charge is 2.48. The Morgan fingerprint density at radius 3 is 2.71 bits per heavy atom. The topological polar surface area (TPSA) is 194 Å². The minimum Gasteiger partial charge on any atom is -0.478 e. The second-order valence-electron chi connectivity index (χ2n) is 7.04. The number of nitrogens with one attached hydrogen (secondary N) is 1. The van der Waals surface area contributed by atoms with Crippen molar-refractivity contribution in [2.45, 2.75) is 45.3 Å². The molecule has 2 rings (SSSR count). The number of thiazole rings is 1. The number of carboxylic acids is 1. The van der Waals surface area contributed by atoms with Crippen LogP contribution < -0.4 is 11.1 Å². The van der Waals surface area contributed by atoms with Gasteiger partial charge in [-0.3, -0.25) is 14.1 Å². The van der Waals surface area contributed by atoms with Crippen molar-refractivity contribution in [3.05, 3.63) is 11.1 Å². The first-order chi connectivity index (χ1) is 14.4. The lowest BCUT2D eigenvalue weighted by molar-refractivity contribution is -0.161. The summed E-state index contributed by atoms with van der Waals surface area (Å²) in [5.41, 5.74) is 3.45. The Kier molecular flexibility index (Phi) is 7.76. The van der Waals surface area contributed by atoms with Crippen LogP contribution in [0.15, 0.2) is 10.5 Å². The molecule has 13 nitrogen and oxygen atoms in total. The number of rotatable bonds is 11. The largest absolute Gasteiger partial charge is 0.478 e. The lowest BCUT2D eigenvalue weighted by Crippen LogP contribution is -2.63. The number of carbonyl (C=O) groups excluding carboxylic acids is 2. The maximum atomic E-state index is 12.7. The molecule has 1 fully saturated rings. The second-order valence-corrected chi connectivity index (χ2v) is 9.65. The molecule has 2 amide bonds. The summed E-state index contributed by atoms with van der Waals surface area (Å²) in [6.45, 7) is 4.10. The molecule has 0 aliphatic carbocycles. The first kappa shape index (κ1) is 24.7. The number of amides is 2.